The van der Waals surface area contributed by atoms with Crippen molar-refractivity contribution in [3.8, 4) is 5.75 Å². The van der Waals surface area contributed by atoms with E-state index >= 15 is 0 Å². The molecule has 0 fully saturated rings. The van der Waals surface area contributed by atoms with Crippen molar-refractivity contribution in [1.82, 2.24) is 4.90 Å². The van der Waals surface area contributed by atoms with Crippen molar-refractivity contribution in [2.75, 3.05) is 27.2 Å². The average molecular weight is 233 g/mol. The van der Waals surface area contributed by atoms with Gasteiger partial charge >= 0.3 is 0 Å². The molecule has 0 aliphatic carbocycles. The zero-order valence-electron chi connectivity index (χ0n) is 10.5. The number of carbonyl (C=O) groups is 1. The van der Waals surface area contributed by atoms with Crippen LogP contribution in [0.4, 0.5) is 0 Å². The molecule has 0 saturated heterocycles. The van der Waals surface area contributed by atoms with Crippen LogP contribution in [0.15, 0.2) is 36.9 Å². The molecule has 0 saturated carbocycles. The van der Waals surface area contributed by atoms with E-state index in [-0.39, 0.29) is 5.78 Å². The summed E-state index contributed by atoms with van der Waals surface area (Å²) in [5.41, 5.74) is 0.702. The summed E-state index contributed by atoms with van der Waals surface area (Å²) < 4.78 is 5.39. The van der Waals surface area contributed by atoms with Crippen molar-refractivity contribution >= 4 is 5.78 Å². The summed E-state index contributed by atoms with van der Waals surface area (Å²) in [5, 5.41) is 0. The molecule has 1 aromatic rings. The van der Waals surface area contributed by atoms with Gasteiger partial charge in [-0.15, -0.1) is 0 Å². The number of rotatable bonds is 7. The molecule has 0 N–H and O–H groups in total. The van der Waals surface area contributed by atoms with Crippen LogP contribution in [0.25, 0.3) is 0 Å². The lowest BCUT2D eigenvalue weighted by Gasteiger charge is -2.09. The van der Waals surface area contributed by atoms with Gasteiger partial charge in [0, 0.05) is 18.5 Å². The van der Waals surface area contributed by atoms with E-state index in [1.165, 1.54) is 0 Å². The molecule has 0 spiro atoms. The van der Waals surface area contributed by atoms with Crippen LogP contribution >= 0.6 is 0 Å². The Bertz CT molecular complexity index is 386. The molecule has 1 rings (SSSR count). The molecule has 92 valence electrons. The Hall–Kier alpha value is -1.61. The Kier molecular flexibility index (Phi) is 5.43. The second-order valence-electron chi connectivity index (χ2n) is 4.10. The molecular formula is C14H19NO2. The van der Waals surface area contributed by atoms with Gasteiger partial charge in [-0.05, 0) is 26.2 Å². The molecule has 17 heavy (non-hydrogen) atoms. The standard InChI is InChI=1S/C14H19NO2/c1-4-10-17-13-7-5-6-12(11-13)14(16)8-9-15(2)3/h4-7,11H,1,8-10H2,2-3H3. The van der Waals surface area contributed by atoms with Gasteiger partial charge in [0.1, 0.15) is 12.4 Å². The van der Waals surface area contributed by atoms with Crippen molar-refractivity contribution < 1.29 is 9.53 Å². The topological polar surface area (TPSA) is 29.5 Å². The molecule has 0 atom stereocenters. The van der Waals surface area contributed by atoms with E-state index in [4.69, 9.17) is 4.74 Å². The molecule has 0 unspecified atom stereocenters. The maximum Gasteiger partial charge on any atom is 0.164 e. The van der Waals surface area contributed by atoms with Gasteiger partial charge in [-0.25, -0.2) is 0 Å². The maximum absolute atomic E-state index is 11.9. The molecule has 0 amide bonds. The van der Waals surface area contributed by atoms with Crippen LogP contribution in [0.2, 0.25) is 0 Å². The quantitative estimate of drug-likeness (QED) is 0.535. The highest BCUT2D eigenvalue weighted by Gasteiger charge is 2.07. The predicted octanol–water partition coefficient (Wildman–Crippen LogP) is 2.39. The number of Topliss-reactive ketones (excluding diaryl/α,β-unsaturated/α-hetero) is 1. The zero-order chi connectivity index (χ0) is 12.7. The molecular weight excluding hydrogens is 214 g/mol. The molecule has 0 aliphatic heterocycles. The summed E-state index contributed by atoms with van der Waals surface area (Å²) in [6, 6.07) is 7.27. The lowest BCUT2D eigenvalue weighted by Crippen LogP contribution is -2.16. The summed E-state index contributed by atoms with van der Waals surface area (Å²) in [6.07, 6.45) is 2.21. The number of hydrogen-bond donors (Lipinski definition) is 0. The van der Waals surface area contributed by atoms with Crippen LogP contribution in [-0.4, -0.2) is 37.9 Å². The van der Waals surface area contributed by atoms with Crippen molar-refractivity contribution in [3.05, 3.63) is 42.5 Å². The number of benzene rings is 1. The molecule has 1 aromatic carbocycles. The first-order chi connectivity index (χ1) is 8.13. The average Bonchev–Trinajstić information content (AvgIpc) is 2.33. The van der Waals surface area contributed by atoms with Crippen molar-refractivity contribution in [2.45, 2.75) is 6.42 Å². The second kappa shape index (κ2) is 6.86. The van der Waals surface area contributed by atoms with Crippen molar-refractivity contribution in [3.63, 3.8) is 0 Å². The molecule has 0 bridgehead atoms. The van der Waals surface area contributed by atoms with E-state index < -0.39 is 0 Å². The molecule has 0 radical (unpaired) electrons. The van der Waals surface area contributed by atoms with Crippen LogP contribution in [0.5, 0.6) is 5.75 Å². The van der Waals surface area contributed by atoms with Gasteiger partial charge in [-0.2, -0.15) is 0 Å². The van der Waals surface area contributed by atoms with Crippen molar-refractivity contribution in [2.24, 2.45) is 0 Å². The zero-order valence-corrected chi connectivity index (χ0v) is 10.5. The first kappa shape index (κ1) is 13.5. The smallest absolute Gasteiger partial charge is 0.164 e. The van der Waals surface area contributed by atoms with Gasteiger partial charge in [0.2, 0.25) is 0 Å². The maximum atomic E-state index is 11.9. The minimum Gasteiger partial charge on any atom is -0.490 e. The molecule has 0 aromatic heterocycles. The van der Waals surface area contributed by atoms with E-state index in [0.29, 0.717) is 24.3 Å². The normalized spacial score (nSPS) is 10.3. The van der Waals surface area contributed by atoms with Crippen LogP contribution in [0.1, 0.15) is 16.8 Å². The van der Waals surface area contributed by atoms with E-state index in [1.807, 2.05) is 37.2 Å². The largest absolute Gasteiger partial charge is 0.490 e. The molecule has 0 aliphatic rings. The van der Waals surface area contributed by atoms with Crippen molar-refractivity contribution in [1.29, 1.82) is 0 Å². The fraction of sp³-hybridized carbons (Fsp3) is 0.357. The first-order valence-corrected chi connectivity index (χ1v) is 5.65. The minimum absolute atomic E-state index is 0.141. The van der Waals surface area contributed by atoms with Gasteiger partial charge in [0.05, 0.1) is 0 Å². The monoisotopic (exact) mass is 233 g/mol. The number of carbonyl (C=O) groups excluding carboxylic acids is 1. The number of hydrogen-bond acceptors (Lipinski definition) is 3. The van der Waals surface area contributed by atoms with Gasteiger partial charge in [0.15, 0.2) is 5.78 Å². The summed E-state index contributed by atoms with van der Waals surface area (Å²) in [6.45, 7) is 4.80. The minimum atomic E-state index is 0.141. The third-order valence-corrected chi connectivity index (χ3v) is 2.31. The van der Waals surface area contributed by atoms with Gasteiger partial charge < -0.3 is 9.64 Å². The fourth-order valence-electron chi connectivity index (χ4n) is 1.38. The molecule has 3 heteroatoms. The Morgan fingerprint density at radius 1 is 1.47 bits per heavy atom. The Morgan fingerprint density at radius 2 is 2.24 bits per heavy atom. The van der Waals surface area contributed by atoms with E-state index in [1.54, 1.807) is 12.1 Å². The fourth-order valence-corrected chi connectivity index (χ4v) is 1.38. The van der Waals surface area contributed by atoms with Crippen LogP contribution in [0.3, 0.4) is 0 Å². The first-order valence-electron chi connectivity index (χ1n) is 5.65. The Balaban J connectivity index is 2.63. The van der Waals surface area contributed by atoms with Gasteiger partial charge in [0.25, 0.3) is 0 Å². The Labute approximate surface area is 103 Å². The van der Waals surface area contributed by atoms with Crippen LogP contribution in [-0.2, 0) is 0 Å². The summed E-state index contributed by atoms with van der Waals surface area (Å²) in [5.74, 6) is 0.850. The van der Waals surface area contributed by atoms with E-state index in [2.05, 4.69) is 6.58 Å². The molecule has 3 nitrogen and oxygen atoms in total. The Morgan fingerprint density at radius 3 is 2.88 bits per heavy atom. The number of nitrogens with zero attached hydrogens (tertiary/aromatic N) is 1. The number of ketones is 1. The highest BCUT2D eigenvalue weighted by atomic mass is 16.5. The second-order valence-corrected chi connectivity index (χ2v) is 4.10. The lowest BCUT2D eigenvalue weighted by atomic mass is 10.1. The van der Waals surface area contributed by atoms with E-state index in [9.17, 15) is 4.79 Å². The summed E-state index contributed by atoms with van der Waals surface area (Å²) in [4.78, 5) is 13.9. The third-order valence-electron chi connectivity index (χ3n) is 2.31. The van der Waals surface area contributed by atoms with Crippen LogP contribution < -0.4 is 4.74 Å². The van der Waals surface area contributed by atoms with Gasteiger partial charge in [-0.3, -0.25) is 4.79 Å². The van der Waals surface area contributed by atoms with E-state index in [0.717, 1.165) is 6.54 Å². The highest BCUT2D eigenvalue weighted by Crippen LogP contribution is 2.14. The predicted molar refractivity (Wildman–Crippen MR) is 69.6 cm³/mol. The third kappa shape index (κ3) is 4.83. The summed E-state index contributed by atoms with van der Waals surface area (Å²) in [7, 11) is 3.91. The SMILES string of the molecule is C=CCOc1cccc(C(=O)CCN(C)C)c1. The highest BCUT2D eigenvalue weighted by molar-refractivity contribution is 5.96. The van der Waals surface area contributed by atoms with Gasteiger partial charge in [-0.1, -0.05) is 24.8 Å². The molecule has 0 heterocycles. The number of ether oxygens (including phenoxy) is 1. The lowest BCUT2D eigenvalue weighted by molar-refractivity contribution is 0.0972. The summed E-state index contributed by atoms with van der Waals surface area (Å²) >= 11 is 0. The van der Waals surface area contributed by atoms with Crippen LogP contribution in [0, 0.1) is 0 Å².